The van der Waals surface area contributed by atoms with Crippen molar-refractivity contribution in [2.24, 2.45) is 0 Å². The fourth-order valence-corrected chi connectivity index (χ4v) is 1.86. The summed E-state index contributed by atoms with van der Waals surface area (Å²) in [6.07, 6.45) is 0. The van der Waals surface area contributed by atoms with Crippen LogP contribution in [-0.4, -0.2) is 38.7 Å². The maximum absolute atomic E-state index is 8.54. The Bertz CT molecular complexity index is 370. The Balaban J connectivity index is 1.81. The first-order valence-corrected chi connectivity index (χ1v) is 5.82. The number of hydrogen-bond donors (Lipinski definition) is 1. The number of aryl methyl sites for hydroxylation is 1. The number of benzene rings is 1. The minimum absolute atomic E-state index is 0.0437. The number of aliphatic hydroxyl groups excluding tert-OH is 1. The monoisotopic (exact) mass is 236 g/mol. The van der Waals surface area contributed by atoms with Crippen molar-refractivity contribution in [1.82, 2.24) is 0 Å². The van der Waals surface area contributed by atoms with E-state index in [1.165, 1.54) is 11.1 Å². The zero-order valence-corrected chi connectivity index (χ0v) is 10.0. The van der Waals surface area contributed by atoms with Gasteiger partial charge in [-0.25, -0.2) is 0 Å². The Morgan fingerprint density at radius 1 is 1.35 bits per heavy atom. The maximum atomic E-state index is 8.54. The van der Waals surface area contributed by atoms with Crippen LogP contribution in [-0.2, 0) is 20.7 Å². The summed E-state index contributed by atoms with van der Waals surface area (Å²) in [4.78, 5) is 0. The quantitative estimate of drug-likeness (QED) is 0.568. The molecule has 5 heteroatoms. The van der Waals surface area contributed by atoms with E-state index in [1.54, 1.807) is 0 Å². The minimum Gasteiger partial charge on any atom is -0.405 e. The molecule has 1 aromatic carbocycles. The fraction of sp³-hybridized carbons (Fsp3) is 0.500. The van der Waals surface area contributed by atoms with Gasteiger partial charge >= 0.3 is 7.12 Å². The molecule has 17 heavy (non-hydrogen) atoms. The Morgan fingerprint density at radius 3 is 3.06 bits per heavy atom. The van der Waals surface area contributed by atoms with Crippen LogP contribution in [0.2, 0.25) is 0 Å². The van der Waals surface area contributed by atoms with Gasteiger partial charge in [-0.1, -0.05) is 23.8 Å². The molecule has 0 atom stereocenters. The van der Waals surface area contributed by atoms with Gasteiger partial charge in [-0.15, -0.1) is 0 Å². The van der Waals surface area contributed by atoms with Crippen molar-refractivity contribution < 1.29 is 19.2 Å². The summed E-state index contributed by atoms with van der Waals surface area (Å²) in [5.74, 6) is 0. The van der Waals surface area contributed by atoms with Crippen molar-refractivity contribution in [2.45, 2.75) is 13.5 Å². The highest BCUT2D eigenvalue weighted by Gasteiger charge is 2.30. The molecule has 0 bridgehead atoms. The van der Waals surface area contributed by atoms with Gasteiger partial charge in [0.15, 0.2) is 0 Å². The molecule has 0 saturated carbocycles. The molecule has 1 aromatic rings. The summed E-state index contributed by atoms with van der Waals surface area (Å²) in [6.45, 7) is 4.02. The van der Waals surface area contributed by atoms with E-state index in [4.69, 9.17) is 19.2 Å². The first kappa shape index (κ1) is 12.6. The molecular weight excluding hydrogens is 219 g/mol. The van der Waals surface area contributed by atoms with Crippen molar-refractivity contribution in [3.63, 3.8) is 0 Å². The van der Waals surface area contributed by atoms with Gasteiger partial charge in [0.2, 0.25) is 0 Å². The number of hydrogen-bond acceptors (Lipinski definition) is 4. The third-order valence-electron chi connectivity index (χ3n) is 2.68. The lowest BCUT2D eigenvalue weighted by Crippen LogP contribution is -2.33. The van der Waals surface area contributed by atoms with Crippen LogP contribution in [0.15, 0.2) is 18.2 Å². The molecule has 1 aliphatic heterocycles. The molecule has 0 spiro atoms. The normalized spacial score (nSPS) is 14.1. The average molecular weight is 236 g/mol. The van der Waals surface area contributed by atoms with Crippen LogP contribution < -0.4 is 5.46 Å². The Kier molecular flexibility index (Phi) is 4.56. The summed E-state index contributed by atoms with van der Waals surface area (Å²) < 4.78 is 16.3. The van der Waals surface area contributed by atoms with Crippen LogP contribution >= 0.6 is 0 Å². The molecule has 0 fully saturated rings. The molecule has 0 amide bonds. The molecule has 0 unspecified atom stereocenters. The first-order chi connectivity index (χ1) is 8.31. The molecule has 92 valence electrons. The maximum Gasteiger partial charge on any atom is 0.494 e. The van der Waals surface area contributed by atoms with Gasteiger partial charge in [0.05, 0.1) is 33.0 Å². The van der Waals surface area contributed by atoms with Crippen LogP contribution in [0.4, 0.5) is 0 Å². The molecule has 0 aromatic heterocycles. The smallest absolute Gasteiger partial charge is 0.405 e. The van der Waals surface area contributed by atoms with E-state index >= 15 is 0 Å². The summed E-state index contributed by atoms with van der Waals surface area (Å²) in [5.41, 5.74) is 3.54. The Morgan fingerprint density at radius 2 is 2.24 bits per heavy atom. The largest absolute Gasteiger partial charge is 0.494 e. The molecule has 1 heterocycles. The number of aliphatic hydroxyl groups is 1. The second-order valence-electron chi connectivity index (χ2n) is 4.05. The standard InChI is InChI=1S/C12H17BO4/c1-10-2-3-12-11(8-10)9-17-13(12)16-7-6-15-5-4-14/h2-3,8,14H,4-7,9H2,1H3. The zero-order valence-electron chi connectivity index (χ0n) is 10.0. The van der Waals surface area contributed by atoms with E-state index < -0.39 is 0 Å². The van der Waals surface area contributed by atoms with Crippen LogP contribution in [0.1, 0.15) is 11.1 Å². The van der Waals surface area contributed by atoms with Crippen LogP contribution in [0.5, 0.6) is 0 Å². The molecule has 4 nitrogen and oxygen atoms in total. The number of rotatable bonds is 6. The molecular formula is C12H17BO4. The summed E-state index contributed by atoms with van der Waals surface area (Å²) in [6, 6.07) is 6.24. The van der Waals surface area contributed by atoms with Gasteiger partial charge in [0, 0.05) is 0 Å². The van der Waals surface area contributed by atoms with E-state index in [0.29, 0.717) is 26.4 Å². The summed E-state index contributed by atoms with van der Waals surface area (Å²) >= 11 is 0. The number of fused-ring (bicyclic) bond motifs is 1. The van der Waals surface area contributed by atoms with Crippen molar-refractivity contribution in [1.29, 1.82) is 0 Å². The van der Waals surface area contributed by atoms with Gasteiger partial charge in [-0.05, 0) is 17.9 Å². The zero-order chi connectivity index (χ0) is 12.1. The lowest BCUT2D eigenvalue weighted by atomic mass is 9.78. The van der Waals surface area contributed by atoms with E-state index in [-0.39, 0.29) is 13.7 Å². The Labute approximate surface area is 102 Å². The summed E-state index contributed by atoms with van der Waals surface area (Å²) in [7, 11) is -0.275. The van der Waals surface area contributed by atoms with E-state index in [2.05, 4.69) is 25.1 Å². The lowest BCUT2D eigenvalue weighted by Gasteiger charge is -2.08. The lowest BCUT2D eigenvalue weighted by molar-refractivity contribution is 0.0640. The van der Waals surface area contributed by atoms with Crippen molar-refractivity contribution in [3.8, 4) is 0 Å². The third kappa shape index (κ3) is 3.29. The highest BCUT2D eigenvalue weighted by Crippen LogP contribution is 2.13. The van der Waals surface area contributed by atoms with Gasteiger partial charge in [0.25, 0.3) is 0 Å². The van der Waals surface area contributed by atoms with Crippen molar-refractivity contribution in [2.75, 3.05) is 26.4 Å². The minimum atomic E-state index is -0.275. The summed E-state index contributed by atoms with van der Waals surface area (Å²) in [5, 5.41) is 8.54. The average Bonchev–Trinajstić information content (AvgIpc) is 2.71. The Hall–Kier alpha value is -0.875. The highest BCUT2D eigenvalue weighted by atomic mass is 16.6. The molecule has 0 radical (unpaired) electrons. The van der Waals surface area contributed by atoms with Gasteiger partial charge in [-0.2, -0.15) is 0 Å². The molecule has 0 saturated heterocycles. The van der Waals surface area contributed by atoms with Gasteiger partial charge in [-0.3, -0.25) is 0 Å². The predicted molar refractivity (Wildman–Crippen MR) is 65.2 cm³/mol. The van der Waals surface area contributed by atoms with Crippen LogP contribution in [0.3, 0.4) is 0 Å². The molecule has 1 aliphatic rings. The topological polar surface area (TPSA) is 47.9 Å². The molecule has 2 rings (SSSR count). The van der Waals surface area contributed by atoms with Crippen molar-refractivity contribution >= 4 is 12.6 Å². The first-order valence-electron chi connectivity index (χ1n) is 5.82. The predicted octanol–water partition coefficient (Wildman–Crippen LogP) is 0.246. The second kappa shape index (κ2) is 6.16. The fourth-order valence-electron chi connectivity index (χ4n) is 1.86. The van der Waals surface area contributed by atoms with Crippen LogP contribution in [0, 0.1) is 6.92 Å². The van der Waals surface area contributed by atoms with E-state index in [0.717, 1.165) is 5.46 Å². The second-order valence-corrected chi connectivity index (χ2v) is 4.05. The van der Waals surface area contributed by atoms with Crippen LogP contribution in [0.25, 0.3) is 0 Å². The number of ether oxygens (including phenoxy) is 1. The SMILES string of the molecule is Cc1ccc2c(c1)COB2OCCOCCO. The van der Waals surface area contributed by atoms with Crippen molar-refractivity contribution in [3.05, 3.63) is 29.3 Å². The van der Waals surface area contributed by atoms with Gasteiger partial charge < -0.3 is 19.2 Å². The van der Waals surface area contributed by atoms with E-state index in [9.17, 15) is 0 Å². The van der Waals surface area contributed by atoms with Gasteiger partial charge in [0.1, 0.15) is 0 Å². The third-order valence-corrected chi connectivity index (χ3v) is 2.68. The highest BCUT2D eigenvalue weighted by molar-refractivity contribution is 6.62. The van der Waals surface area contributed by atoms with E-state index in [1.807, 2.05) is 0 Å². The molecule has 1 N–H and O–H groups in total. The molecule has 0 aliphatic carbocycles.